The third-order valence-electron chi connectivity index (χ3n) is 2.90. The summed E-state index contributed by atoms with van der Waals surface area (Å²) >= 11 is 0. The van der Waals surface area contributed by atoms with Crippen LogP contribution in [0.5, 0.6) is 11.5 Å². The van der Waals surface area contributed by atoms with Crippen LogP contribution in [0.25, 0.3) is 0 Å². The second-order valence-electron chi connectivity index (χ2n) is 4.56. The molecule has 24 heavy (non-hydrogen) atoms. The summed E-state index contributed by atoms with van der Waals surface area (Å²) in [4.78, 5) is 34.0. The lowest BCUT2D eigenvalue weighted by molar-refractivity contribution is -0.130. The number of primary amides is 1. The lowest BCUT2D eigenvalue weighted by atomic mass is 10.1. The molecule has 8 N–H and O–H groups in total. The molecule has 0 aliphatic carbocycles. The fourth-order valence-corrected chi connectivity index (χ4v) is 1.62. The Balaban J connectivity index is 2.60. The largest absolute Gasteiger partial charge is 0.504 e. The fraction of sp³-hybridized carbons (Fsp3) is 0.308. The molecule has 1 aromatic carbocycles. The summed E-state index contributed by atoms with van der Waals surface area (Å²) < 4.78 is 4.83. The van der Waals surface area contributed by atoms with E-state index in [9.17, 15) is 24.6 Å². The van der Waals surface area contributed by atoms with E-state index in [0.29, 0.717) is 0 Å². The van der Waals surface area contributed by atoms with Crippen LogP contribution in [0.4, 0.5) is 4.79 Å². The number of aliphatic hydroxyl groups is 2. The van der Waals surface area contributed by atoms with Gasteiger partial charge in [0.15, 0.2) is 17.6 Å². The van der Waals surface area contributed by atoms with Gasteiger partial charge in [0.05, 0.1) is 13.7 Å². The van der Waals surface area contributed by atoms with E-state index in [2.05, 4.69) is 0 Å². The molecule has 1 rings (SSSR count). The number of aliphatic hydroxyl groups excluding tert-OH is 2. The van der Waals surface area contributed by atoms with Crippen molar-refractivity contribution in [3.63, 3.8) is 0 Å². The minimum Gasteiger partial charge on any atom is -0.504 e. The van der Waals surface area contributed by atoms with Gasteiger partial charge < -0.3 is 31.1 Å². The normalized spacial score (nSPS) is 12.6. The number of methoxy groups -OCH3 is 1. The van der Waals surface area contributed by atoms with E-state index in [0.717, 1.165) is 6.07 Å². The van der Waals surface area contributed by atoms with E-state index in [1.54, 1.807) is 0 Å². The van der Waals surface area contributed by atoms with Gasteiger partial charge in [0.2, 0.25) is 5.91 Å². The highest BCUT2D eigenvalue weighted by Gasteiger charge is 2.21. The van der Waals surface area contributed by atoms with Crippen molar-refractivity contribution in [1.82, 2.24) is 16.2 Å². The van der Waals surface area contributed by atoms with Crippen molar-refractivity contribution in [2.45, 2.75) is 12.1 Å². The molecule has 0 saturated heterocycles. The number of nitrogens with one attached hydrogen (secondary N) is 3. The first-order chi connectivity index (χ1) is 11.3. The Bertz CT molecular complexity index is 622. The molecule has 0 saturated carbocycles. The van der Waals surface area contributed by atoms with Crippen LogP contribution in [0.1, 0.15) is 11.7 Å². The Morgan fingerprint density at radius 1 is 1.29 bits per heavy atom. The third-order valence-corrected chi connectivity index (χ3v) is 2.90. The molecule has 1 aromatic rings. The zero-order chi connectivity index (χ0) is 18.3. The maximum absolute atomic E-state index is 11.7. The number of hydrogen-bond acceptors (Lipinski definition) is 7. The molecule has 0 bridgehead atoms. The standard InChI is InChI=1S/C13H18N4O7/c1-24-9-3-2-6(4-8(9)19)10(20)12(22)16-17-13(23)15-7(5-18)11(14)21/h2-4,7,10,18-20H,5H2,1H3,(H2,14,21)(H,16,22)(H2,15,17,23)/t7-,10?/m0/s1. The Labute approximate surface area is 136 Å². The van der Waals surface area contributed by atoms with E-state index in [1.165, 1.54) is 19.2 Å². The van der Waals surface area contributed by atoms with Crippen LogP contribution in [0.15, 0.2) is 18.2 Å². The van der Waals surface area contributed by atoms with Crippen LogP contribution in [-0.2, 0) is 9.59 Å². The highest BCUT2D eigenvalue weighted by Crippen LogP contribution is 2.28. The van der Waals surface area contributed by atoms with Gasteiger partial charge in [-0.2, -0.15) is 0 Å². The van der Waals surface area contributed by atoms with Crippen LogP contribution >= 0.6 is 0 Å². The number of nitrogens with two attached hydrogens (primary N) is 1. The van der Waals surface area contributed by atoms with Gasteiger partial charge >= 0.3 is 6.03 Å². The quantitative estimate of drug-likeness (QED) is 0.281. The molecule has 0 aromatic heterocycles. The van der Waals surface area contributed by atoms with Gasteiger partial charge in [-0.05, 0) is 17.7 Å². The van der Waals surface area contributed by atoms with Crippen LogP contribution in [0, 0.1) is 0 Å². The van der Waals surface area contributed by atoms with Crippen molar-refractivity contribution in [3.05, 3.63) is 23.8 Å². The molecule has 0 aliphatic rings. The lowest BCUT2D eigenvalue weighted by Crippen LogP contribution is -2.54. The molecule has 0 heterocycles. The van der Waals surface area contributed by atoms with Gasteiger partial charge in [0, 0.05) is 0 Å². The number of amides is 4. The number of rotatable bonds is 6. The Hall–Kier alpha value is -3.05. The first-order valence-electron chi connectivity index (χ1n) is 6.61. The van der Waals surface area contributed by atoms with Crippen molar-refractivity contribution >= 4 is 17.8 Å². The van der Waals surface area contributed by atoms with Gasteiger partial charge in [-0.25, -0.2) is 10.2 Å². The molecule has 4 amide bonds. The molecular weight excluding hydrogens is 324 g/mol. The average Bonchev–Trinajstić information content (AvgIpc) is 2.56. The van der Waals surface area contributed by atoms with Gasteiger partial charge in [0.1, 0.15) is 6.04 Å². The maximum atomic E-state index is 11.7. The molecular formula is C13H18N4O7. The molecule has 132 valence electrons. The van der Waals surface area contributed by atoms with E-state index in [1.807, 2.05) is 16.2 Å². The maximum Gasteiger partial charge on any atom is 0.334 e. The lowest BCUT2D eigenvalue weighted by Gasteiger charge is -2.16. The Morgan fingerprint density at radius 3 is 2.46 bits per heavy atom. The van der Waals surface area contributed by atoms with Crippen LogP contribution in [0.2, 0.25) is 0 Å². The molecule has 11 nitrogen and oxygen atoms in total. The summed E-state index contributed by atoms with van der Waals surface area (Å²) in [6, 6.07) is 1.46. The third kappa shape index (κ3) is 5.00. The van der Waals surface area contributed by atoms with Crippen molar-refractivity contribution in [2.75, 3.05) is 13.7 Å². The number of aromatic hydroxyl groups is 1. The summed E-state index contributed by atoms with van der Waals surface area (Å²) in [6.07, 6.45) is -1.69. The summed E-state index contributed by atoms with van der Waals surface area (Å²) in [6.45, 7) is -0.718. The van der Waals surface area contributed by atoms with E-state index in [-0.39, 0.29) is 17.1 Å². The monoisotopic (exact) mass is 342 g/mol. The average molecular weight is 342 g/mol. The van der Waals surface area contributed by atoms with E-state index in [4.69, 9.17) is 15.6 Å². The topological polar surface area (TPSA) is 183 Å². The molecule has 0 radical (unpaired) electrons. The molecule has 1 unspecified atom stereocenters. The fourth-order valence-electron chi connectivity index (χ4n) is 1.62. The molecule has 0 fully saturated rings. The summed E-state index contributed by atoms with van der Waals surface area (Å²) in [5, 5.41) is 30.3. The first-order valence-corrected chi connectivity index (χ1v) is 6.61. The molecule has 0 aliphatic heterocycles. The van der Waals surface area contributed by atoms with Gasteiger partial charge in [-0.1, -0.05) is 6.07 Å². The molecule has 0 spiro atoms. The van der Waals surface area contributed by atoms with Crippen molar-refractivity contribution in [1.29, 1.82) is 0 Å². The number of benzene rings is 1. The highest BCUT2D eigenvalue weighted by molar-refractivity contribution is 5.88. The number of urea groups is 1. The molecule has 11 heteroatoms. The zero-order valence-electron chi connectivity index (χ0n) is 12.6. The highest BCUT2D eigenvalue weighted by atomic mass is 16.5. The van der Waals surface area contributed by atoms with Crippen molar-refractivity contribution in [3.8, 4) is 11.5 Å². The minimum atomic E-state index is -1.69. The predicted molar refractivity (Wildman–Crippen MR) is 79.5 cm³/mol. The van der Waals surface area contributed by atoms with Crippen LogP contribution in [-0.4, -0.2) is 52.9 Å². The van der Waals surface area contributed by atoms with Gasteiger partial charge in [-0.3, -0.25) is 15.0 Å². The van der Waals surface area contributed by atoms with Crippen molar-refractivity contribution < 1.29 is 34.4 Å². The van der Waals surface area contributed by atoms with Gasteiger partial charge in [0.25, 0.3) is 5.91 Å². The Morgan fingerprint density at radius 2 is 1.96 bits per heavy atom. The van der Waals surface area contributed by atoms with Crippen LogP contribution in [0.3, 0.4) is 0 Å². The Kier molecular flexibility index (Phi) is 6.77. The number of phenols is 1. The predicted octanol–water partition coefficient (Wildman–Crippen LogP) is -2.39. The summed E-state index contributed by atoms with van der Waals surface area (Å²) in [5.74, 6) is -2.09. The number of ether oxygens (including phenoxy) is 1. The summed E-state index contributed by atoms with van der Waals surface area (Å²) in [7, 11) is 1.34. The van der Waals surface area contributed by atoms with Gasteiger partial charge in [-0.15, -0.1) is 0 Å². The second-order valence-corrected chi connectivity index (χ2v) is 4.56. The molecule has 2 atom stereocenters. The van der Waals surface area contributed by atoms with E-state index >= 15 is 0 Å². The first kappa shape index (κ1) is 19.0. The zero-order valence-corrected chi connectivity index (χ0v) is 12.6. The second kappa shape index (κ2) is 8.55. The SMILES string of the molecule is COc1ccc(C(O)C(=O)NNC(=O)N[C@@H](CO)C(N)=O)cc1O. The number of phenolic OH excluding ortho intramolecular Hbond substituents is 1. The summed E-state index contributed by atoms with van der Waals surface area (Å²) in [5.41, 5.74) is 8.74. The number of carbonyl (C=O) groups is 3. The van der Waals surface area contributed by atoms with Crippen molar-refractivity contribution in [2.24, 2.45) is 5.73 Å². The van der Waals surface area contributed by atoms with E-state index < -0.39 is 36.6 Å². The number of hydrogen-bond donors (Lipinski definition) is 7. The minimum absolute atomic E-state index is 0.0541. The smallest absolute Gasteiger partial charge is 0.334 e. The van der Waals surface area contributed by atoms with Crippen LogP contribution < -0.4 is 26.6 Å². The number of carbonyl (C=O) groups excluding carboxylic acids is 3. The number of hydrazine groups is 1.